The number of hydrazone groups is 1. The topological polar surface area (TPSA) is 83.7 Å². The minimum atomic E-state index is -0.190. The lowest BCUT2D eigenvalue weighted by atomic mass is 9.93. The number of fused-ring (bicyclic) bond motifs is 1. The van der Waals surface area contributed by atoms with E-state index in [4.69, 9.17) is 4.42 Å². The second-order valence-electron chi connectivity index (χ2n) is 7.90. The van der Waals surface area contributed by atoms with Crippen LogP contribution in [0.1, 0.15) is 66.1 Å². The maximum atomic E-state index is 12.5. The van der Waals surface area contributed by atoms with Crippen molar-refractivity contribution in [2.45, 2.75) is 52.9 Å². The maximum Gasteiger partial charge on any atom is 0.287 e. The zero-order chi connectivity index (χ0) is 20.8. The predicted molar refractivity (Wildman–Crippen MR) is 113 cm³/mol. The second-order valence-corrected chi connectivity index (χ2v) is 7.90. The first-order valence-electron chi connectivity index (χ1n) is 10.3. The van der Waals surface area contributed by atoms with Gasteiger partial charge in [0.2, 0.25) is 5.91 Å². The first-order chi connectivity index (χ1) is 14.0. The second kappa shape index (κ2) is 9.54. The van der Waals surface area contributed by atoms with Gasteiger partial charge >= 0.3 is 0 Å². The summed E-state index contributed by atoms with van der Waals surface area (Å²) in [4.78, 5) is 24.8. The summed E-state index contributed by atoms with van der Waals surface area (Å²) in [5.74, 6) is 1.30. The molecule has 1 aliphatic carbocycles. The number of rotatable bonds is 7. The van der Waals surface area contributed by atoms with Crippen molar-refractivity contribution in [3.8, 4) is 0 Å². The Morgan fingerprint density at radius 2 is 1.93 bits per heavy atom. The fourth-order valence-corrected chi connectivity index (χ4v) is 3.50. The van der Waals surface area contributed by atoms with Gasteiger partial charge in [-0.2, -0.15) is 5.10 Å². The van der Waals surface area contributed by atoms with Crippen LogP contribution in [0.25, 0.3) is 0 Å². The van der Waals surface area contributed by atoms with Gasteiger partial charge in [-0.05, 0) is 37.7 Å². The average Bonchev–Trinajstić information content (AvgIpc) is 3.04. The summed E-state index contributed by atoms with van der Waals surface area (Å²) >= 11 is 0. The van der Waals surface area contributed by atoms with Crippen LogP contribution in [0.4, 0.5) is 0 Å². The van der Waals surface area contributed by atoms with E-state index in [1.54, 1.807) is 0 Å². The third-order valence-electron chi connectivity index (χ3n) is 5.06. The van der Waals surface area contributed by atoms with Gasteiger partial charge in [-0.15, -0.1) is 0 Å². The van der Waals surface area contributed by atoms with Gasteiger partial charge in [-0.3, -0.25) is 9.59 Å². The summed E-state index contributed by atoms with van der Waals surface area (Å²) in [5.41, 5.74) is 6.03. The van der Waals surface area contributed by atoms with Gasteiger partial charge in [0.25, 0.3) is 5.91 Å². The van der Waals surface area contributed by atoms with Crippen molar-refractivity contribution >= 4 is 17.5 Å². The fourth-order valence-electron chi connectivity index (χ4n) is 3.50. The maximum absolute atomic E-state index is 12.5. The van der Waals surface area contributed by atoms with Crippen LogP contribution in [-0.2, 0) is 17.6 Å². The molecule has 0 radical (unpaired) electrons. The van der Waals surface area contributed by atoms with Gasteiger partial charge in [0.1, 0.15) is 5.76 Å². The summed E-state index contributed by atoms with van der Waals surface area (Å²) in [6.07, 6.45) is 3.59. The molecule has 1 heterocycles. The number of nitrogens with one attached hydrogen (secondary N) is 2. The lowest BCUT2D eigenvalue weighted by molar-refractivity contribution is -0.120. The summed E-state index contributed by atoms with van der Waals surface area (Å²) in [5, 5.41) is 7.30. The van der Waals surface area contributed by atoms with E-state index in [1.165, 1.54) is 0 Å². The molecular formula is C23H29N3O3. The predicted octanol–water partition coefficient (Wildman–Crippen LogP) is 3.76. The van der Waals surface area contributed by atoms with Crippen molar-refractivity contribution < 1.29 is 14.0 Å². The summed E-state index contributed by atoms with van der Waals surface area (Å²) in [7, 11) is 0. The number of benzene rings is 1. The highest BCUT2D eigenvalue weighted by Gasteiger charge is 2.28. The molecule has 29 heavy (non-hydrogen) atoms. The quantitative estimate of drug-likeness (QED) is 0.700. The summed E-state index contributed by atoms with van der Waals surface area (Å²) in [6.45, 7) is 6.75. The molecule has 1 aromatic carbocycles. The van der Waals surface area contributed by atoms with E-state index in [0.717, 1.165) is 53.8 Å². The highest BCUT2D eigenvalue weighted by molar-refractivity contribution is 6.06. The number of nitrogens with zero attached hydrogens (tertiary/aromatic N) is 1. The molecule has 154 valence electrons. The highest BCUT2D eigenvalue weighted by atomic mass is 16.4. The van der Waals surface area contributed by atoms with Crippen molar-refractivity contribution in [3.05, 3.63) is 58.5 Å². The molecule has 0 bridgehead atoms. The number of carbonyl (C=O) groups excluding carboxylic acids is 2. The van der Waals surface area contributed by atoms with Crippen molar-refractivity contribution in [1.82, 2.24) is 10.7 Å². The standard InChI is InChI=1S/C23H29N3O3/c1-15(2)12-13-24-23(28)22-16(3)21-18(10-7-11-19(21)29-22)25-26-20(27)14-17-8-5-4-6-9-17/h4-6,8-9,15H,7,10-14H2,1-3H3,(H,24,28)(H,26,27)/b25-18+. The molecule has 0 saturated heterocycles. The van der Waals surface area contributed by atoms with Crippen molar-refractivity contribution in [2.75, 3.05) is 6.54 Å². The number of aryl methyl sites for hydroxylation is 1. The smallest absolute Gasteiger partial charge is 0.287 e. The van der Waals surface area contributed by atoms with E-state index < -0.39 is 0 Å². The molecule has 1 aliphatic rings. The molecule has 0 atom stereocenters. The van der Waals surface area contributed by atoms with Gasteiger partial charge in [0, 0.05) is 24.1 Å². The third kappa shape index (κ3) is 5.34. The molecule has 2 amide bonds. The lowest BCUT2D eigenvalue weighted by Crippen LogP contribution is -2.25. The molecule has 6 heteroatoms. The molecule has 1 aromatic heterocycles. The Bertz CT molecular complexity index is 898. The Balaban J connectivity index is 1.71. The Kier molecular flexibility index (Phi) is 6.86. The van der Waals surface area contributed by atoms with Gasteiger partial charge in [-0.1, -0.05) is 44.2 Å². The average molecular weight is 396 g/mol. The Hall–Kier alpha value is -2.89. The van der Waals surface area contributed by atoms with Gasteiger partial charge in [0.05, 0.1) is 12.1 Å². The molecule has 0 spiro atoms. The molecule has 3 rings (SSSR count). The summed E-state index contributed by atoms with van der Waals surface area (Å²) < 4.78 is 5.88. The fraction of sp³-hybridized carbons (Fsp3) is 0.435. The van der Waals surface area contributed by atoms with Crippen molar-refractivity contribution in [3.63, 3.8) is 0 Å². The normalized spacial score (nSPS) is 14.7. The summed E-state index contributed by atoms with van der Waals surface area (Å²) in [6, 6.07) is 9.56. The highest BCUT2D eigenvalue weighted by Crippen LogP contribution is 2.29. The first-order valence-corrected chi connectivity index (χ1v) is 10.3. The van der Waals surface area contributed by atoms with Crippen LogP contribution >= 0.6 is 0 Å². The van der Waals surface area contributed by atoms with Crippen LogP contribution in [0.5, 0.6) is 0 Å². The molecule has 6 nitrogen and oxygen atoms in total. The van der Waals surface area contributed by atoms with Gasteiger partial charge in [-0.25, -0.2) is 5.43 Å². The minimum absolute atomic E-state index is 0.163. The van der Waals surface area contributed by atoms with Crippen LogP contribution in [0, 0.1) is 12.8 Å². The molecule has 0 unspecified atom stereocenters. The van der Waals surface area contributed by atoms with Crippen LogP contribution in [-0.4, -0.2) is 24.1 Å². The van der Waals surface area contributed by atoms with E-state index in [2.05, 4.69) is 29.7 Å². The van der Waals surface area contributed by atoms with Crippen molar-refractivity contribution in [2.24, 2.45) is 11.0 Å². The van der Waals surface area contributed by atoms with Gasteiger partial charge < -0.3 is 9.73 Å². The van der Waals surface area contributed by atoms with E-state index in [1.807, 2.05) is 37.3 Å². The molecule has 0 saturated carbocycles. The number of amides is 2. The van der Waals surface area contributed by atoms with E-state index in [-0.39, 0.29) is 18.2 Å². The molecule has 2 N–H and O–H groups in total. The number of carbonyl (C=O) groups is 2. The Morgan fingerprint density at radius 1 is 1.17 bits per heavy atom. The number of hydrogen-bond acceptors (Lipinski definition) is 4. The van der Waals surface area contributed by atoms with Crippen LogP contribution in [0.2, 0.25) is 0 Å². The Labute approximate surface area is 171 Å². The number of furan rings is 1. The minimum Gasteiger partial charge on any atom is -0.455 e. The first kappa shape index (κ1) is 20.8. The van der Waals surface area contributed by atoms with Crippen LogP contribution < -0.4 is 10.7 Å². The van der Waals surface area contributed by atoms with Crippen molar-refractivity contribution in [1.29, 1.82) is 0 Å². The zero-order valence-electron chi connectivity index (χ0n) is 17.4. The molecule has 0 aliphatic heterocycles. The molecule has 2 aromatic rings. The zero-order valence-corrected chi connectivity index (χ0v) is 17.4. The largest absolute Gasteiger partial charge is 0.455 e. The molecular weight excluding hydrogens is 366 g/mol. The number of hydrogen-bond donors (Lipinski definition) is 2. The van der Waals surface area contributed by atoms with E-state index >= 15 is 0 Å². The lowest BCUT2D eigenvalue weighted by Gasteiger charge is -2.13. The van der Waals surface area contributed by atoms with E-state index in [0.29, 0.717) is 18.2 Å². The SMILES string of the molecule is Cc1c(C(=O)NCCC(C)C)oc2c1/C(=N/NC(=O)Cc1ccccc1)CCC2. The van der Waals surface area contributed by atoms with E-state index in [9.17, 15) is 9.59 Å². The Morgan fingerprint density at radius 3 is 2.66 bits per heavy atom. The van der Waals surface area contributed by atoms with Crippen LogP contribution in [0.15, 0.2) is 39.9 Å². The monoisotopic (exact) mass is 395 g/mol. The van der Waals surface area contributed by atoms with Crippen LogP contribution in [0.3, 0.4) is 0 Å². The van der Waals surface area contributed by atoms with Gasteiger partial charge in [0.15, 0.2) is 5.76 Å². The molecule has 0 fully saturated rings. The third-order valence-corrected chi connectivity index (χ3v) is 5.06.